The number of nitrogens with one attached hydrogen (secondary N) is 1. The minimum atomic E-state index is 0.521. The minimum absolute atomic E-state index is 0.521. The maximum atomic E-state index is 5.46. The van der Waals surface area contributed by atoms with E-state index < -0.39 is 0 Å². The van der Waals surface area contributed by atoms with Gasteiger partial charge in [0.15, 0.2) is 0 Å². The lowest BCUT2D eigenvalue weighted by Gasteiger charge is -2.25. The fourth-order valence-corrected chi connectivity index (χ4v) is 2.12. The Bertz CT molecular complexity index is 292. The maximum absolute atomic E-state index is 5.46. The Morgan fingerprint density at radius 1 is 1.64 bits per heavy atom. The number of hydrogen-bond donors (Lipinski definition) is 1. The van der Waals surface area contributed by atoms with Gasteiger partial charge in [-0.3, -0.25) is 0 Å². The molecular weight excluding hydrogens is 174 g/mol. The van der Waals surface area contributed by atoms with Crippen LogP contribution < -0.4 is 5.32 Å². The predicted octanol–water partition coefficient (Wildman–Crippen LogP) is 3.05. The molecule has 2 atom stereocenters. The van der Waals surface area contributed by atoms with Crippen LogP contribution in [0.3, 0.4) is 0 Å². The quantitative estimate of drug-likeness (QED) is 0.798. The predicted molar refractivity (Wildman–Crippen MR) is 57.3 cm³/mol. The highest BCUT2D eigenvalue weighted by atomic mass is 16.3. The molecule has 1 aliphatic carbocycles. The average Bonchev–Trinajstić information content (AvgIpc) is 2.66. The molecule has 1 aromatic heterocycles. The second-order valence-electron chi connectivity index (χ2n) is 4.22. The lowest BCUT2D eigenvalue weighted by molar-refractivity contribution is 0.378. The number of rotatable bonds is 3. The average molecular weight is 193 g/mol. The van der Waals surface area contributed by atoms with Crippen molar-refractivity contribution >= 4 is 0 Å². The molecule has 0 radical (unpaired) electrons. The highest BCUT2D eigenvalue weighted by molar-refractivity contribution is 5.24. The molecule has 0 saturated carbocycles. The van der Waals surface area contributed by atoms with E-state index in [4.69, 9.17) is 4.42 Å². The Morgan fingerprint density at radius 2 is 2.50 bits per heavy atom. The van der Waals surface area contributed by atoms with Gasteiger partial charge in [-0.15, -0.1) is 0 Å². The highest BCUT2D eigenvalue weighted by Crippen LogP contribution is 2.30. The normalized spacial score (nSPS) is 23.1. The maximum Gasteiger partial charge on any atom is 0.108 e. The first-order chi connectivity index (χ1) is 6.81. The molecule has 2 nitrogen and oxygen atoms in total. The van der Waals surface area contributed by atoms with Crippen LogP contribution in [0.2, 0.25) is 0 Å². The second kappa shape index (κ2) is 4.18. The summed E-state index contributed by atoms with van der Waals surface area (Å²) in [5, 5.41) is 3.65. The Kier molecular flexibility index (Phi) is 2.92. The summed E-state index contributed by atoms with van der Waals surface area (Å²) in [6, 6.07) is 3.24. The van der Waals surface area contributed by atoms with Crippen molar-refractivity contribution in [3.63, 3.8) is 0 Å². The van der Waals surface area contributed by atoms with Crippen LogP contribution in [0, 0.1) is 0 Å². The van der Waals surface area contributed by atoms with E-state index in [1.807, 2.05) is 6.26 Å². The molecule has 1 aromatic rings. The zero-order chi connectivity index (χ0) is 9.97. The summed E-state index contributed by atoms with van der Waals surface area (Å²) in [7, 11) is 0. The van der Waals surface area contributed by atoms with Crippen LogP contribution in [0.1, 0.15) is 50.5 Å². The molecule has 1 N–H and O–H groups in total. The molecule has 78 valence electrons. The van der Waals surface area contributed by atoms with Crippen molar-refractivity contribution in [1.82, 2.24) is 5.32 Å². The lowest BCUT2D eigenvalue weighted by atomic mass is 9.93. The summed E-state index contributed by atoms with van der Waals surface area (Å²) in [4.78, 5) is 0. The van der Waals surface area contributed by atoms with E-state index in [0.717, 1.165) is 6.42 Å². The smallest absolute Gasteiger partial charge is 0.108 e. The van der Waals surface area contributed by atoms with Crippen LogP contribution in [-0.2, 0) is 6.42 Å². The first-order valence-electron chi connectivity index (χ1n) is 5.63. The van der Waals surface area contributed by atoms with Gasteiger partial charge in [0.2, 0.25) is 0 Å². The number of fused-ring (bicyclic) bond motifs is 1. The van der Waals surface area contributed by atoms with E-state index in [9.17, 15) is 0 Å². The molecule has 2 heteroatoms. The van der Waals surface area contributed by atoms with Gasteiger partial charge in [0, 0.05) is 24.1 Å². The fourth-order valence-electron chi connectivity index (χ4n) is 2.12. The largest absolute Gasteiger partial charge is 0.469 e. The van der Waals surface area contributed by atoms with Gasteiger partial charge in [-0.25, -0.2) is 0 Å². The third-order valence-electron chi connectivity index (χ3n) is 3.15. The van der Waals surface area contributed by atoms with E-state index in [2.05, 4.69) is 25.2 Å². The van der Waals surface area contributed by atoms with Crippen molar-refractivity contribution in [3.05, 3.63) is 23.7 Å². The molecule has 0 saturated heterocycles. The third kappa shape index (κ3) is 1.85. The summed E-state index contributed by atoms with van der Waals surface area (Å²) in [5.74, 6) is 1.19. The molecule has 0 fully saturated rings. The van der Waals surface area contributed by atoms with Crippen LogP contribution in [0.5, 0.6) is 0 Å². The minimum Gasteiger partial charge on any atom is -0.469 e. The van der Waals surface area contributed by atoms with Crippen molar-refractivity contribution < 1.29 is 4.42 Å². The molecule has 0 bridgehead atoms. The summed E-state index contributed by atoms with van der Waals surface area (Å²) in [6.45, 7) is 4.46. The van der Waals surface area contributed by atoms with Gasteiger partial charge in [0.05, 0.1) is 6.26 Å². The zero-order valence-corrected chi connectivity index (χ0v) is 9.05. The van der Waals surface area contributed by atoms with Crippen LogP contribution in [-0.4, -0.2) is 6.04 Å². The summed E-state index contributed by atoms with van der Waals surface area (Å²) >= 11 is 0. The summed E-state index contributed by atoms with van der Waals surface area (Å²) < 4.78 is 5.46. The Labute approximate surface area is 85.7 Å². The topological polar surface area (TPSA) is 25.2 Å². The number of aryl methyl sites for hydroxylation is 1. The van der Waals surface area contributed by atoms with Crippen LogP contribution >= 0.6 is 0 Å². The SMILES string of the molecule is CC[C@H](C)N[C@@H]1CCCc2occc21. The second-order valence-corrected chi connectivity index (χ2v) is 4.22. The molecule has 1 aliphatic rings. The molecule has 2 rings (SSSR count). The first-order valence-corrected chi connectivity index (χ1v) is 5.63. The first kappa shape index (κ1) is 9.78. The Balaban J connectivity index is 2.08. The fraction of sp³-hybridized carbons (Fsp3) is 0.667. The van der Waals surface area contributed by atoms with E-state index in [-0.39, 0.29) is 0 Å². The summed E-state index contributed by atoms with van der Waals surface area (Å²) in [6.07, 6.45) is 6.61. The van der Waals surface area contributed by atoms with Crippen LogP contribution in [0.4, 0.5) is 0 Å². The lowest BCUT2D eigenvalue weighted by Crippen LogP contribution is -2.31. The molecule has 0 spiro atoms. The van der Waals surface area contributed by atoms with Gasteiger partial charge in [-0.2, -0.15) is 0 Å². The van der Waals surface area contributed by atoms with Crippen molar-refractivity contribution in [1.29, 1.82) is 0 Å². The van der Waals surface area contributed by atoms with E-state index in [1.165, 1.54) is 30.6 Å². The number of hydrogen-bond acceptors (Lipinski definition) is 2. The van der Waals surface area contributed by atoms with Crippen molar-refractivity contribution in [2.75, 3.05) is 0 Å². The van der Waals surface area contributed by atoms with E-state index in [0.29, 0.717) is 12.1 Å². The molecule has 14 heavy (non-hydrogen) atoms. The summed E-state index contributed by atoms with van der Waals surface area (Å²) in [5.41, 5.74) is 1.39. The van der Waals surface area contributed by atoms with E-state index >= 15 is 0 Å². The molecule has 0 amide bonds. The van der Waals surface area contributed by atoms with E-state index in [1.54, 1.807) is 0 Å². The van der Waals surface area contributed by atoms with Crippen LogP contribution in [0.15, 0.2) is 16.7 Å². The highest BCUT2D eigenvalue weighted by Gasteiger charge is 2.22. The van der Waals surface area contributed by atoms with Gasteiger partial charge in [-0.05, 0) is 32.3 Å². The zero-order valence-electron chi connectivity index (χ0n) is 9.05. The van der Waals surface area contributed by atoms with Crippen molar-refractivity contribution in [3.8, 4) is 0 Å². The monoisotopic (exact) mass is 193 g/mol. The van der Waals surface area contributed by atoms with Gasteiger partial charge < -0.3 is 9.73 Å². The van der Waals surface area contributed by atoms with Gasteiger partial charge in [0.1, 0.15) is 5.76 Å². The third-order valence-corrected chi connectivity index (χ3v) is 3.15. The molecule has 0 aliphatic heterocycles. The number of furan rings is 1. The molecule has 1 heterocycles. The van der Waals surface area contributed by atoms with Gasteiger partial charge >= 0.3 is 0 Å². The molecule has 0 aromatic carbocycles. The van der Waals surface area contributed by atoms with Gasteiger partial charge in [0.25, 0.3) is 0 Å². The Morgan fingerprint density at radius 3 is 3.29 bits per heavy atom. The Hall–Kier alpha value is -0.760. The van der Waals surface area contributed by atoms with Crippen molar-refractivity contribution in [2.24, 2.45) is 0 Å². The van der Waals surface area contributed by atoms with Gasteiger partial charge in [-0.1, -0.05) is 6.92 Å². The standard InChI is InChI=1S/C12H19NO/c1-3-9(2)13-11-5-4-6-12-10(11)7-8-14-12/h7-9,11,13H,3-6H2,1-2H3/t9-,11+/m0/s1. The molecular formula is C12H19NO. The van der Waals surface area contributed by atoms with Crippen molar-refractivity contribution in [2.45, 2.75) is 51.6 Å². The van der Waals surface area contributed by atoms with Crippen LogP contribution in [0.25, 0.3) is 0 Å². The molecule has 0 unspecified atom stereocenters.